The highest BCUT2D eigenvalue weighted by molar-refractivity contribution is 7.21. The van der Waals surface area contributed by atoms with Gasteiger partial charge in [0.15, 0.2) is 28.8 Å². The Balaban J connectivity index is 0.949. The molecule has 0 radical (unpaired) electrons. The van der Waals surface area contributed by atoms with Crippen LogP contribution < -0.4 is 28.4 Å². The van der Waals surface area contributed by atoms with Gasteiger partial charge < -0.3 is 28.4 Å². The minimum absolute atomic E-state index is 0.201. The van der Waals surface area contributed by atoms with E-state index in [2.05, 4.69) is 28.0 Å². The summed E-state index contributed by atoms with van der Waals surface area (Å²) in [6, 6.07) is 25.3. The number of benzene rings is 4. The zero-order chi connectivity index (χ0) is 35.6. The Morgan fingerprint density at radius 3 is 2.08 bits per heavy atom. The molecule has 5 aromatic rings. The van der Waals surface area contributed by atoms with Crippen molar-refractivity contribution in [1.29, 1.82) is 0 Å². The van der Waals surface area contributed by atoms with Crippen LogP contribution in [0, 0.1) is 0 Å². The summed E-state index contributed by atoms with van der Waals surface area (Å²) in [5.41, 5.74) is 3.33. The van der Waals surface area contributed by atoms with Crippen LogP contribution in [0.2, 0.25) is 0 Å². The lowest BCUT2D eigenvalue weighted by atomic mass is 10.1. The van der Waals surface area contributed by atoms with E-state index in [0.717, 1.165) is 66.7 Å². The first-order chi connectivity index (χ1) is 25.0. The average molecular weight is 710 g/mol. The van der Waals surface area contributed by atoms with Gasteiger partial charge in [0.1, 0.15) is 24.0 Å². The van der Waals surface area contributed by atoms with Crippen LogP contribution >= 0.6 is 11.3 Å². The Morgan fingerprint density at radius 2 is 1.41 bits per heavy atom. The van der Waals surface area contributed by atoms with E-state index in [1.165, 1.54) is 32.1 Å². The van der Waals surface area contributed by atoms with Crippen LogP contribution in [0.5, 0.6) is 34.5 Å². The quantitative estimate of drug-likeness (QED) is 0.0791. The van der Waals surface area contributed by atoms with Crippen LogP contribution in [0.15, 0.2) is 84.9 Å². The molecule has 4 aromatic carbocycles. The highest BCUT2D eigenvalue weighted by atomic mass is 32.1. The Bertz CT molecular complexity index is 1910. The van der Waals surface area contributed by atoms with Gasteiger partial charge in [0, 0.05) is 50.4 Å². The van der Waals surface area contributed by atoms with Crippen LogP contribution in [0.3, 0.4) is 0 Å². The summed E-state index contributed by atoms with van der Waals surface area (Å²) < 4.78 is 35.2. The minimum atomic E-state index is -0.201. The highest BCUT2D eigenvalue weighted by Crippen LogP contribution is 2.38. The molecular weight excluding hydrogens is 667 g/mol. The Hall–Kier alpha value is -5.10. The van der Waals surface area contributed by atoms with E-state index in [1.807, 2.05) is 48.5 Å². The zero-order valence-electron chi connectivity index (χ0n) is 29.4. The van der Waals surface area contributed by atoms with Gasteiger partial charge in [-0.2, -0.15) is 0 Å². The summed E-state index contributed by atoms with van der Waals surface area (Å²) in [5, 5.41) is 1.00. The van der Waals surface area contributed by atoms with Gasteiger partial charge >= 0.3 is 0 Å². The average Bonchev–Trinajstić information content (AvgIpc) is 3.62. The molecule has 2 heterocycles. The Labute approximate surface area is 302 Å². The number of nitrogens with zero attached hydrogens (tertiary/aromatic N) is 3. The second-order valence-electron chi connectivity index (χ2n) is 11.9. The summed E-state index contributed by atoms with van der Waals surface area (Å²) in [7, 11) is 6.18. The van der Waals surface area contributed by atoms with Gasteiger partial charge in [0.05, 0.1) is 38.7 Å². The number of ether oxygens (including phenoxy) is 6. The van der Waals surface area contributed by atoms with E-state index < -0.39 is 0 Å². The Kier molecular flexibility index (Phi) is 12.1. The maximum atomic E-state index is 13.0. The predicted molar refractivity (Wildman–Crippen MR) is 201 cm³/mol. The van der Waals surface area contributed by atoms with Crippen molar-refractivity contribution >= 4 is 33.4 Å². The molecule has 1 aromatic heterocycles. The zero-order valence-corrected chi connectivity index (χ0v) is 30.2. The number of aromatic nitrogens is 1. The normalized spacial score (nSPS) is 13.7. The van der Waals surface area contributed by atoms with Crippen LogP contribution in [0.25, 0.3) is 26.9 Å². The molecule has 0 bridgehead atoms. The molecule has 0 amide bonds. The molecule has 6 rings (SSSR count). The molecule has 1 aliphatic rings. The highest BCUT2D eigenvalue weighted by Gasteiger charge is 2.18. The molecular formula is C40H43N3O7S. The SMILES string of the molecule is COc1ccc(/C=C/C(=O)c2cc(OC)c(OC)c(OC)c2)cc1OCCN1CCN(CCOc2cccc(-c3nc4ccccc4s3)c2)CC1. The molecule has 10 nitrogen and oxygen atoms in total. The summed E-state index contributed by atoms with van der Waals surface area (Å²) in [5.74, 6) is 3.20. The molecule has 0 unspecified atom stereocenters. The minimum Gasteiger partial charge on any atom is -0.493 e. The fourth-order valence-corrected chi connectivity index (χ4v) is 6.89. The molecule has 266 valence electrons. The first kappa shape index (κ1) is 35.7. The predicted octanol–water partition coefficient (Wildman–Crippen LogP) is 6.97. The largest absolute Gasteiger partial charge is 0.493 e. The molecule has 51 heavy (non-hydrogen) atoms. The third-order valence-corrected chi connectivity index (χ3v) is 9.83. The summed E-state index contributed by atoms with van der Waals surface area (Å²) in [4.78, 5) is 22.7. The van der Waals surface area contributed by atoms with Crippen molar-refractivity contribution in [3.8, 4) is 45.1 Å². The number of rotatable bonds is 16. The molecule has 0 aliphatic carbocycles. The van der Waals surface area contributed by atoms with E-state index in [-0.39, 0.29) is 5.78 Å². The monoisotopic (exact) mass is 709 g/mol. The number of para-hydroxylation sites is 1. The maximum Gasteiger partial charge on any atom is 0.203 e. The maximum absolute atomic E-state index is 13.0. The number of carbonyl (C=O) groups excluding carboxylic acids is 1. The first-order valence-corrected chi connectivity index (χ1v) is 17.7. The topological polar surface area (TPSA) is 91.8 Å². The van der Waals surface area contributed by atoms with Crippen molar-refractivity contribution in [1.82, 2.24) is 14.8 Å². The van der Waals surface area contributed by atoms with E-state index in [4.69, 9.17) is 33.4 Å². The molecule has 1 fully saturated rings. The number of piperazine rings is 1. The number of hydrogen-bond donors (Lipinski definition) is 0. The first-order valence-electron chi connectivity index (χ1n) is 16.8. The number of ketones is 1. The van der Waals surface area contributed by atoms with Gasteiger partial charge in [0.2, 0.25) is 5.75 Å². The lowest BCUT2D eigenvalue weighted by molar-refractivity contribution is 0.104. The number of allylic oxidation sites excluding steroid dienone is 1. The lowest BCUT2D eigenvalue weighted by Crippen LogP contribution is -2.48. The number of hydrogen-bond acceptors (Lipinski definition) is 11. The molecule has 11 heteroatoms. The number of fused-ring (bicyclic) bond motifs is 1. The summed E-state index contributed by atoms with van der Waals surface area (Å²) in [6.45, 7) is 6.67. The standard InChI is InChI=1S/C40H43N3O7S/c1-45-34-15-13-28(12-14-33(44)30-26-36(46-2)39(48-4)37(27-30)47-3)24-35(34)50-23-21-43-18-16-42(17-19-43)20-22-49-31-9-7-8-29(25-31)40-41-32-10-5-6-11-38(32)51-40/h5-15,24-27H,16-23H2,1-4H3/b14-12+. The van der Waals surface area contributed by atoms with Crippen LogP contribution in [0.1, 0.15) is 15.9 Å². The van der Waals surface area contributed by atoms with Crippen LogP contribution in [-0.4, -0.2) is 101 Å². The number of thiazole rings is 1. The van der Waals surface area contributed by atoms with Gasteiger partial charge in [-0.15, -0.1) is 11.3 Å². The van der Waals surface area contributed by atoms with Crippen molar-refractivity contribution in [2.75, 3.05) is 80.9 Å². The van der Waals surface area contributed by atoms with Crippen LogP contribution in [0.4, 0.5) is 0 Å². The van der Waals surface area contributed by atoms with E-state index in [9.17, 15) is 4.79 Å². The molecule has 0 N–H and O–H groups in total. The summed E-state index contributed by atoms with van der Waals surface area (Å²) >= 11 is 1.70. The lowest BCUT2D eigenvalue weighted by Gasteiger charge is -2.34. The van der Waals surface area contributed by atoms with Crippen molar-refractivity contribution in [2.24, 2.45) is 0 Å². The van der Waals surface area contributed by atoms with Gasteiger partial charge in [-0.3, -0.25) is 14.6 Å². The second-order valence-corrected chi connectivity index (χ2v) is 12.9. The van der Waals surface area contributed by atoms with Gasteiger partial charge in [-0.05, 0) is 60.2 Å². The fourth-order valence-electron chi connectivity index (χ4n) is 5.93. The van der Waals surface area contributed by atoms with Crippen molar-refractivity contribution in [2.45, 2.75) is 0 Å². The van der Waals surface area contributed by atoms with Crippen molar-refractivity contribution < 1.29 is 33.2 Å². The number of carbonyl (C=O) groups is 1. The van der Waals surface area contributed by atoms with Crippen molar-refractivity contribution in [3.63, 3.8) is 0 Å². The van der Waals surface area contributed by atoms with E-state index in [0.29, 0.717) is 47.5 Å². The molecule has 0 spiro atoms. The second kappa shape index (κ2) is 17.2. The smallest absolute Gasteiger partial charge is 0.203 e. The third kappa shape index (κ3) is 8.99. The third-order valence-electron chi connectivity index (χ3n) is 8.75. The molecule has 1 saturated heterocycles. The summed E-state index contributed by atoms with van der Waals surface area (Å²) in [6.07, 6.45) is 3.26. The van der Waals surface area contributed by atoms with Gasteiger partial charge in [-0.1, -0.05) is 36.4 Å². The Morgan fingerprint density at radius 1 is 0.725 bits per heavy atom. The van der Waals surface area contributed by atoms with Crippen LogP contribution in [-0.2, 0) is 0 Å². The van der Waals surface area contributed by atoms with Gasteiger partial charge in [-0.25, -0.2) is 4.98 Å². The molecule has 1 aliphatic heterocycles. The van der Waals surface area contributed by atoms with E-state index >= 15 is 0 Å². The number of methoxy groups -OCH3 is 4. The van der Waals surface area contributed by atoms with Crippen molar-refractivity contribution in [3.05, 3.63) is 96.1 Å². The fraction of sp³-hybridized carbons (Fsp3) is 0.300. The van der Waals surface area contributed by atoms with E-state index in [1.54, 1.807) is 36.7 Å². The molecule has 0 atom stereocenters. The van der Waals surface area contributed by atoms with Gasteiger partial charge in [0.25, 0.3) is 0 Å². The molecule has 0 saturated carbocycles.